The van der Waals surface area contributed by atoms with Crippen molar-refractivity contribution in [3.05, 3.63) is 169 Å². The predicted octanol–water partition coefficient (Wildman–Crippen LogP) is 10.9. The molecule has 0 saturated heterocycles. The van der Waals surface area contributed by atoms with Crippen LogP contribution in [0.25, 0.3) is 77.4 Å². The number of nitrogens with zero attached hydrogens (tertiary/aromatic N) is 3. The molecule has 3 heteroatoms. The first-order chi connectivity index (χ1) is 25.1. The topological polar surface area (TPSA) is 12.2 Å². The second-order valence-corrected chi connectivity index (χ2v) is 14.6. The van der Waals surface area contributed by atoms with Gasteiger partial charge in [0.15, 0.2) is 24.1 Å². The minimum absolute atomic E-state index is 0.249. The zero-order valence-electron chi connectivity index (χ0n) is 28.7. The van der Waals surface area contributed by atoms with Gasteiger partial charge in [-0.05, 0) is 85.0 Å². The van der Waals surface area contributed by atoms with Crippen molar-refractivity contribution in [2.24, 2.45) is 0 Å². The molecule has 0 aliphatic carbocycles. The summed E-state index contributed by atoms with van der Waals surface area (Å²) in [6.45, 7) is 7.09. The molecule has 4 aromatic heterocycles. The first-order valence-corrected chi connectivity index (χ1v) is 18.2. The minimum atomic E-state index is 0.249. The fourth-order valence-corrected chi connectivity index (χ4v) is 9.67. The maximum Gasteiger partial charge on any atom is 0.218 e. The van der Waals surface area contributed by atoms with Crippen LogP contribution in [0.2, 0.25) is 0 Å². The van der Waals surface area contributed by atoms with E-state index in [-0.39, 0.29) is 6.04 Å². The summed E-state index contributed by atoms with van der Waals surface area (Å²) in [5, 5.41) is 5.26. The van der Waals surface area contributed by atoms with Crippen LogP contribution in [0.15, 0.2) is 152 Å². The summed E-state index contributed by atoms with van der Waals surface area (Å²) in [6.07, 6.45) is 7.52. The Morgan fingerprint density at radius 2 is 1.41 bits per heavy atom. The SMILES string of the molecule is C=C1CC2C(CCc3cc4c(cc3-c3ccc(-c5ccccc5C)c[n+]31)c1cccc3c5ccccc5n4c31)c1ccccc1-c1cccc[n+]12. The molecule has 0 radical (unpaired) electrons. The molecule has 242 valence electrons. The maximum atomic E-state index is 4.89. The molecule has 0 fully saturated rings. The van der Waals surface area contributed by atoms with Gasteiger partial charge in [0.1, 0.15) is 0 Å². The van der Waals surface area contributed by atoms with Crippen LogP contribution in [0.4, 0.5) is 0 Å². The highest BCUT2D eigenvalue weighted by atomic mass is 15.0. The molecule has 51 heavy (non-hydrogen) atoms. The summed E-state index contributed by atoms with van der Waals surface area (Å²) in [5.74, 6) is 0.344. The van der Waals surface area contributed by atoms with Gasteiger partial charge in [0.2, 0.25) is 11.4 Å². The lowest BCUT2D eigenvalue weighted by atomic mass is 9.77. The summed E-state index contributed by atoms with van der Waals surface area (Å²) in [6, 6.07) is 50.1. The quantitative estimate of drug-likeness (QED) is 0.156. The Morgan fingerprint density at radius 1 is 0.647 bits per heavy atom. The maximum absolute atomic E-state index is 4.89. The summed E-state index contributed by atoms with van der Waals surface area (Å²) in [4.78, 5) is 0. The molecule has 0 spiro atoms. The zero-order valence-corrected chi connectivity index (χ0v) is 28.7. The molecule has 0 amide bonds. The van der Waals surface area contributed by atoms with Gasteiger partial charge < -0.3 is 4.40 Å². The number of para-hydroxylation sites is 2. The van der Waals surface area contributed by atoms with E-state index < -0.39 is 0 Å². The van der Waals surface area contributed by atoms with E-state index in [2.05, 4.69) is 166 Å². The van der Waals surface area contributed by atoms with Crippen LogP contribution in [-0.2, 0) is 6.42 Å². The van der Waals surface area contributed by atoms with Crippen molar-refractivity contribution in [3.63, 3.8) is 0 Å². The number of allylic oxidation sites excluding steroid dienone is 1. The van der Waals surface area contributed by atoms with E-state index in [1.165, 1.54) is 88.4 Å². The van der Waals surface area contributed by atoms with Gasteiger partial charge in [0.25, 0.3) is 0 Å². The zero-order chi connectivity index (χ0) is 33.8. The van der Waals surface area contributed by atoms with Crippen LogP contribution < -0.4 is 9.13 Å². The van der Waals surface area contributed by atoms with E-state index in [0.717, 1.165) is 25.0 Å². The van der Waals surface area contributed by atoms with Gasteiger partial charge in [-0.25, -0.2) is 0 Å². The number of aromatic nitrogens is 3. The molecule has 0 N–H and O–H groups in total. The van der Waals surface area contributed by atoms with Gasteiger partial charge in [0, 0.05) is 56.8 Å². The molecule has 11 rings (SSSR count). The van der Waals surface area contributed by atoms with E-state index in [0.29, 0.717) is 5.92 Å². The van der Waals surface area contributed by atoms with Crippen molar-refractivity contribution < 1.29 is 9.13 Å². The Labute approximate surface area is 297 Å². The van der Waals surface area contributed by atoms with Crippen LogP contribution in [0.1, 0.15) is 41.5 Å². The fourth-order valence-electron chi connectivity index (χ4n) is 9.67. The van der Waals surface area contributed by atoms with E-state index in [1.807, 2.05) is 0 Å². The number of hydrogen-bond acceptors (Lipinski definition) is 0. The van der Waals surface area contributed by atoms with Crippen molar-refractivity contribution in [3.8, 4) is 33.6 Å². The Kier molecular flexibility index (Phi) is 6.04. The van der Waals surface area contributed by atoms with Gasteiger partial charge >= 0.3 is 0 Å². The summed E-state index contributed by atoms with van der Waals surface area (Å²) < 4.78 is 7.48. The fraction of sp³-hybridized carbons (Fsp3) is 0.125. The highest BCUT2D eigenvalue weighted by molar-refractivity contribution is 6.23. The molecule has 9 aromatic rings. The second kappa shape index (κ2) is 10.7. The van der Waals surface area contributed by atoms with Gasteiger partial charge in [-0.1, -0.05) is 78.9 Å². The largest absolute Gasteiger partial charge is 0.308 e. The first kappa shape index (κ1) is 28.7. The first-order valence-electron chi connectivity index (χ1n) is 18.2. The molecule has 2 aliphatic heterocycles. The van der Waals surface area contributed by atoms with Crippen LogP contribution in [-0.4, -0.2) is 4.40 Å². The third-order valence-corrected chi connectivity index (χ3v) is 12.0. The Balaban J connectivity index is 1.20. The second-order valence-electron chi connectivity index (χ2n) is 14.6. The van der Waals surface area contributed by atoms with Crippen molar-refractivity contribution in [2.45, 2.75) is 38.1 Å². The lowest BCUT2D eigenvalue weighted by Gasteiger charge is -2.31. The van der Waals surface area contributed by atoms with Gasteiger partial charge in [-0.15, -0.1) is 0 Å². The summed E-state index contributed by atoms with van der Waals surface area (Å²) in [5.41, 5.74) is 16.7. The number of pyridine rings is 2. The normalized spacial score (nSPS) is 16.9. The van der Waals surface area contributed by atoms with E-state index in [4.69, 9.17) is 6.58 Å². The number of rotatable bonds is 1. The van der Waals surface area contributed by atoms with Crippen molar-refractivity contribution in [2.75, 3.05) is 0 Å². The molecule has 0 bridgehead atoms. The van der Waals surface area contributed by atoms with Gasteiger partial charge in [-0.3, -0.25) is 0 Å². The Morgan fingerprint density at radius 3 is 2.31 bits per heavy atom. The average molecular weight is 656 g/mol. The molecular formula is C48H37N3+2. The Bertz CT molecular complexity index is 2890. The molecule has 3 nitrogen and oxygen atoms in total. The lowest BCUT2D eigenvalue weighted by Crippen LogP contribution is -2.49. The number of fused-ring (bicyclic) bond motifs is 15. The van der Waals surface area contributed by atoms with Crippen molar-refractivity contribution in [1.82, 2.24) is 4.40 Å². The van der Waals surface area contributed by atoms with E-state index >= 15 is 0 Å². The minimum Gasteiger partial charge on any atom is -0.308 e. The molecule has 5 aromatic carbocycles. The average Bonchev–Trinajstić information content (AvgIpc) is 3.69. The van der Waals surface area contributed by atoms with E-state index in [9.17, 15) is 0 Å². The monoisotopic (exact) mass is 655 g/mol. The molecule has 6 heterocycles. The van der Waals surface area contributed by atoms with E-state index in [1.54, 1.807) is 0 Å². The number of benzene rings is 5. The Hall–Kier alpha value is -6.06. The standard InChI is InChI=1S/C48H37N3/c1-30-12-3-4-13-34(30)33-22-24-44-41-28-42-40-18-11-17-39-37-16-7-8-20-45(37)51(48(39)40)47(42)27-32(41)21-23-38-35-14-5-6-15-36(35)43-19-9-10-25-49(43)46(38)26-31(2)50(44)29-33/h3-20,22,24-25,27-29,38,46H,2,21,23,26H2,1H3/q+2. The molecule has 0 saturated carbocycles. The predicted molar refractivity (Wildman–Crippen MR) is 209 cm³/mol. The van der Waals surface area contributed by atoms with Gasteiger partial charge in [-0.2, -0.15) is 9.13 Å². The van der Waals surface area contributed by atoms with Crippen LogP contribution in [0.5, 0.6) is 0 Å². The molecule has 2 aliphatic rings. The van der Waals surface area contributed by atoms with Crippen LogP contribution in [0.3, 0.4) is 0 Å². The van der Waals surface area contributed by atoms with Crippen LogP contribution in [0, 0.1) is 6.92 Å². The lowest BCUT2D eigenvalue weighted by molar-refractivity contribution is -0.720. The number of aryl methyl sites for hydroxylation is 2. The summed E-state index contributed by atoms with van der Waals surface area (Å²) >= 11 is 0. The number of hydrogen-bond donors (Lipinski definition) is 0. The third kappa shape index (κ3) is 4.06. The smallest absolute Gasteiger partial charge is 0.218 e. The summed E-state index contributed by atoms with van der Waals surface area (Å²) in [7, 11) is 0. The molecule has 2 atom stereocenters. The van der Waals surface area contributed by atoms with Crippen molar-refractivity contribution in [1.29, 1.82) is 0 Å². The van der Waals surface area contributed by atoms with Gasteiger partial charge in [0.05, 0.1) is 28.5 Å². The molecule has 2 unspecified atom stereocenters. The molecular weight excluding hydrogens is 619 g/mol. The van der Waals surface area contributed by atoms with Crippen LogP contribution >= 0.6 is 0 Å². The highest BCUT2D eigenvalue weighted by Gasteiger charge is 2.42. The highest BCUT2D eigenvalue weighted by Crippen LogP contribution is 2.46. The third-order valence-electron chi connectivity index (χ3n) is 12.0. The van der Waals surface area contributed by atoms with Crippen molar-refractivity contribution >= 4 is 43.8 Å².